The first kappa shape index (κ1) is 8.08. The van der Waals surface area contributed by atoms with Gasteiger partial charge in [-0.1, -0.05) is 24.8 Å². The van der Waals surface area contributed by atoms with Crippen LogP contribution in [0.3, 0.4) is 0 Å². The lowest BCUT2D eigenvalue weighted by molar-refractivity contribution is 0.960. The predicted molar refractivity (Wildman–Crippen MR) is 40.3 cm³/mol. The van der Waals surface area contributed by atoms with Crippen molar-refractivity contribution in [2.45, 2.75) is 26.7 Å². The number of allylic oxidation sites excluding steroid dienone is 2. The predicted octanol–water partition coefficient (Wildman–Crippen LogP) is 2.83. The fourth-order valence-electron chi connectivity index (χ4n) is 0.381. The van der Waals surface area contributed by atoms with Crippen molar-refractivity contribution < 1.29 is 0 Å². The third-order valence-electron chi connectivity index (χ3n) is 0.824. The molecule has 0 atom stereocenters. The summed E-state index contributed by atoms with van der Waals surface area (Å²) >= 11 is 0. The zero-order valence-electron chi connectivity index (χ0n) is 6.07. The fourth-order valence-corrected chi connectivity index (χ4v) is 0.381. The molecule has 0 saturated heterocycles. The summed E-state index contributed by atoms with van der Waals surface area (Å²) < 4.78 is 0. The van der Waals surface area contributed by atoms with Gasteiger partial charge in [0.1, 0.15) is 0 Å². The molecular formula is C9H12. The largest absolute Gasteiger partial charge is 0.0661 e. The van der Waals surface area contributed by atoms with Crippen molar-refractivity contribution in [3.63, 3.8) is 0 Å². The second-order valence-corrected chi connectivity index (χ2v) is 1.70. The lowest BCUT2D eigenvalue weighted by Crippen LogP contribution is -1.54. The van der Waals surface area contributed by atoms with Crippen LogP contribution in [-0.4, -0.2) is 0 Å². The lowest BCUT2D eigenvalue weighted by Gasteiger charge is -1.73. The maximum Gasteiger partial charge on any atom is -0.0197 e. The Morgan fingerprint density at radius 3 is 2.67 bits per heavy atom. The van der Waals surface area contributed by atoms with Gasteiger partial charge in [0.2, 0.25) is 0 Å². The summed E-state index contributed by atoms with van der Waals surface area (Å²) in [5.41, 5.74) is 8.42. The van der Waals surface area contributed by atoms with Gasteiger partial charge in [0, 0.05) is 0 Å². The summed E-state index contributed by atoms with van der Waals surface area (Å²) in [6, 6.07) is 0. The summed E-state index contributed by atoms with van der Waals surface area (Å²) in [6.07, 6.45) is 6.03. The number of rotatable bonds is 2. The maximum absolute atomic E-state index is 2.87. The fraction of sp³-hybridized carbons (Fsp3) is 0.444. The van der Waals surface area contributed by atoms with Crippen LogP contribution in [0.2, 0.25) is 0 Å². The Kier molecular flexibility index (Phi) is 6.36. The highest BCUT2D eigenvalue weighted by Crippen LogP contribution is 1.84. The van der Waals surface area contributed by atoms with Crippen LogP contribution in [0.5, 0.6) is 0 Å². The second kappa shape index (κ2) is 7.08. The minimum Gasteiger partial charge on any atom is -0.0661 e. The second-order valence-electron chi connectivity index (χ2n) is 1.70. The van der Waals surface area contributed by atoms with E-state index in [4.69, 9.17) is 0 Å². The zero-order chi connectivity index (χ0) is 6.95. The average Bonchev–Trinajstić information content (AvgIpc) is 1.89. The average molecular weight is 120 g/mol. The zero-order valence-corrected chi connectivity index (χ0v) is 6.07. The van der Waals surface area contributed by atoms with Crippen LogP contribution in [-0.2, 0) is 0 Å². The molecule has 0 N–H and O–H groups in total. The van der Waals surface area contributed by atoms with Crippen molar-refractivity contribution in [2.75, 3.05) is 0 Å². The first-order chi connectivity index (χ1) is 4.41. The van der Waals surface area contributed by atoms with Gasteiger partial charge in [-0.2, -0.15) is 0 Å². The molecule has 0 heterocycles. The first-order valence-electron chi connectivity index (χ1n) is 3.27. The summed E-state index contributed by atoms with van der Waals surface area (Å²) in [6.45, 7) is 4.05. The van der Waals surface area contributed by atoms with Gasteiger partial charge in [-0.15, -0.1) is 0 Å². The lowest BCUT2D eigenvalue weighted by atomic mass is 10.3. The van der Waals surface area contributed by atoms with E-state index < -0.39 is 0 Å². The molecule has 0 spiro atoms. The smallest absolute Gasteiger partial charge is 0.0197 e. The van der Waals surface area contributed by atoms with Gasteiger partial charge < -0.3 is 0 Å². The van der Waals surface area contributed by atoms with E-state index in [1.807, 2.05) is 19.1 Å². The standard InChI is InChI=1S/C9H12/c1-3-5-7-9-8-6-4-2/h3,8H,4,6H2,1-2H3. The van der Waals surface area contributed by atoms with E-state index in [0.29, 0.717) is 0 Å². The monoisotopic (exact) mass is 120 g/mol. The number of unbranched alkanes of at least 4 members (excludes halogenated alkanes) is 1. The molecule has 0 unspecified atom stereocenters. The summed E-state index contributed by atoms with van der Waals surface area (Å²) in [5.74, 6) is 0. The molecule has 0 saturated carbocycles. The summed E-state index contributed by atoms with van der Waals surface area (Å²) in [7, 11) is 0. The van der Waals surface area contributed by atoms with Gasteiger partial charge in [-0.25, -0.2) is 0 Å². The Bertz CT molecular complexity index is 168. The van der Waals surface area contributed by atoms with Crippen LogP contribution < -0.4 is 0 Å². The van der Waals surface area contributed by atoms with Crippen molar-refractivity contribution >= 4 is 0 Å². The Morgan fingerprint density at radius 1 is 1.33 bits per heavy atom. The van der Waals surface area contributed by atoms with E-state index in [9.17, 15) is 0 Å². The van der Waals surface area contributed by atoms with E-state index >= 15 is 0 Å². The van der Waals surface area contributed by atoms with Crippen molar-refractivity contribution in [3.05, 3.63) is 29.3 Å². The summed E-state index contributed by atoms with van der Waals surface area (Å²) in [5, 5.41) is 0. The first-order valence-corrected chi connectivity index (χ1v) is 3.27. The van der Waals surface area contributed by atoms with Crippen molar-refractivity contribution in [3.8, 4) is 0 Å². The van der Waals surface area contributed by atoms with Gasteiger partial charge in [0.15, 0.2) is 0 Å². The van der Waals surface area contributed by atoms with Crippen LogP contribution in [0.4, 0.5) is 0 Å². The molecule has 48 valence electrons. The van der Waals surface area contributed by atoms with Gasteiger partial charge in [-0.05, 0) is 31.2 Å². The molecule has 0 radical (unpaired) electrons. The number of hydrogen-bond acceptors (Lipinski definition) is 0. The molecule has 0 aromatic rings. The molecule has 0 aromatic heterocycles. The van der Waals surface area contributed by atoms with Crippen LogP contribution in [0.25, 0.3) is 0 Å². The molecule has 0 aliphatic rings. The minimum atomic E-state index is 1.08. The van der Waals surface area contributed by atoms with E-state index in [0.717, 1.165) is 6.42 Å². The van der Waals surface area contributed by atoms with Crippen LogP contribution >= 0.6 is 0 Å². The maximum atomic E-state index is 2.87. The van der Waals surface area contributed by atoms with E-state index in [1.165, 1.54) is 6.42 Å². The van der Waals surface area contributed by atoms with Gasteiger partial charge >= 0.3 is 0 Å². The van der Waals surface area contributed by atoms with Crippen LogP contribution in [0, 0.1) is 0 Å². The Balaban J connectivity index is 3.81. The third kappa shape index (κ3) is 7.08. The minimum absolute atomic E-state index is 1.08. The van der Waals surface area contributed by atoms with Gasteiger partial charge in [0.05, 0.1) is 0 Å². The van der Waals surface area contributed by atoms with Crippen molar-refractivity contribution in [2.24, 2.45) is 0 Å². The normalized spacial score (nSPS) is 6.44. The van der Waals surface area contributed by atoms with Crippen LogP contribution in [0.15, 0.2) is 29.3 Å². The molecule has 0 nitrogen and oxygen atoms in total. The Labute approximate surface area is 56.9 Å². The summed E-state index contributed by atoms with van der Waals surface area (Å²) in [4.78, 5) is 0. The number of hydrogen-bond donors (Lipinski definition) is 0. The highest BCUT2D eigenvalue weighted by atomic mass is 13.7. The molecule has 0 bridgehead atoms. The molecule has 0 heteroatoms. The molecule has 9 heavy (non-hydrogen) atoms. The van der Waals surface area contributed by atoms with Crippen molar-refractivity contribution in [1.29, 1.82) is 0 Å². The Morgan fingerprint density at radius 2 is 2.11 bits per heavy atom. The van der Waals surface area contributed by atoms with Gasteiger partial charge in [0.25, 0.3) is 0 Å². The molecule has 0 aromatic carbocycles. The topological polar surface area (TPSA) is 0 Å². The van der Waals surface area contributed by atoms with Crippen LogP contribution in [0.1, 0.15) is 26.7 Å². The highest BCUT2D eigenvalue weighted by Gasteiger charge is 1.65. The molecular weight excluding hydrogens is 108 g/mol. The highest BCUT2D eigenvalue weighted by molar-refractivity contribution is 4.86. The molecule has 0 amide bonds. The molecule has 0 fully saturated rings. The van der Waals surface area contributed by atoms with Gasteiger partial charge in [-0.3, -0.25) is 0 Å². The Hall–Kier alpha value is -0.920. The van der Waals surface area contributed by atoms with E-state index in [1.54, 1.807) is 0 Å². The van der Waals surface area contributed by atoms with E-state index in [-0.39, 0.29) is 0 Å². The molecule has 0 aliphatic carbocycles. The SMILES string of the molecule is CC=C=C=C=CCCC. The third-order valence-corrected chi connectivity index (χ3v) is 0.824. The molecule has 0 rings (SSSR count). The van der Waals surface area contributed by atoms with E-state index in [2.05, 4.69) is 24.1 Å². The van der Waals surface area contributed by atoms with Crippen molar-refractivity contribution in [1.82, 2.24) is 0 Å². The molecule has 0 aliphatic heterocycles. The quantitative estimate of drug-likeness (QED) is 0.491.